The molecule has 0 amide bonds. The van der Waals surface area contributed by atoms with Gasteiger partial charge in [-0.15, -0.1) is 0 Å². The zero-order chi connectivity index (χ0) is 5.70. The third kappa shape index (κ3) is 5.84. The van der Waals surface area contributed by atoms with Crippen molar-refractivity contribution in [2.24, 2.45) is 5.84 Å². The Hall–Kier alpha value is -0.160. The van der Waals surface area contributed by atoms with Crippen LogP contribution in [0, 0.1) is 5.21 Å². The minimum atomic E-state index is -0.0382. The molecule has 0 saturated heterocycles. The summed E-state index contributed by atoms with van der Waals surface area (Å²) in [5.74, 6) is 4.53. The molecule has 0 fully saturated rings. The summed E-state index contributed by atoms with van der Waals surface area (Å²) in [6.45, 7) is 2.28. The zero-order valence-corrected chi connectivity index (χ0v) is 4.26. The molecular weight excluding hydrogens is 96.0 g/mol. The number of nitrogens with two attached hydrogens (primary N) is 1. The lowest BCUT2D eigenvalue weighted by molar-refractivity contribution is -0.122. The topological polar surface area (TPSA) is 61.5 Å². The molecular formula is C3H9N2O2-. The highest BCUT2D eigenvalue weighted by Gasteiger charge is 1.77. The Morgan fingerprint density at radius 2 is 2.43 bits per heavy atom. The van der Waals surface area contributed by atoms with E-state index in [0.29, 0.717) is 6.61 Å². The minimum Gasteiger partial charge on any atom is -0.748 e. The van der Waals surface area contributed by atoms with Gasteiger partial charge in [0.25, 0.3) is 0 Å². The van der Waals surface area contributed by atoms with Crippen molar-refractivity contribution in [3.05, 3.63) is 5.21 Å². The fraction of sp³-hybridized carbons (Fsp3) is 1.00. The smallest absolute Gasteiger partial charge is 0.0686 e. The SMILES string of the molecule is CCCON(N)[O-]. The maximum absolute atomic E-state index is 9.67. The maximum atomic E-state index is 9.67. The second-order valence-corrected chi connectivity index (χ2v) is 1.12. The highest BCUT2D eigenvalue weighted by molar-refractivity contribution is 4.22. The molecule has 0 atom stereocenters. The van der Waals surface area contributed by atoms with Gasteiger partial charge in [-0.25, -0.2) is 0 Å². The molecule has 0 bridgehead atoms. The number of rotatable bonds is 3. The Kier molecular flexibility index (Phi) is 3.92. The molecule has 0 aromatic carbocycles. The Bertz CT molecular complexity index is 39.9. The Morgan fingerprint density at radius 3 is 2.57 bits per heavy atom. The molecule has 0 aliphatic carbocycles. The lowest BCUT2D eigenvalue weighted by Crippen LogP contribution is -2.24. The van der Waals surface area contributed by atoms with Gasteiger partial charge in [0.1, 0.15) is 0 Å². The summed E-state index contributed by atoms with van der Waals surface area (Å²) < 4.78 is 0. The van der Waals surface area contributed by atoms with E-state index in [1.807, 2.05) is 6.92 Å². The summed E-state index contributed by atoms with van der Waals surface area (Å²) in [6, 6.07) is 0. The standard InChI is InChI=1S/C3H9N2O2/c1-2-3-7-5(4)6/h2-4H2,1H3/q-1. The van der Waals surface area contributed by atoms with Crippen LogP contribution in [0.15, 0.2) is 0 Å². The van der Waals surface area contributed by atoms with Gasteiger partial charge in [-0.3, -0.25) is 10.7 Å². The van der Waals surface area contributed by atoms with Crippen LogP contribution in [-0.4, -0.2) is 11.9 Å². The van der Waals surface area contributed by atoms with Crippen molar-refractivity contribution < 1.29 is 4.84 Å². The lowest BCUT2D eigenvalue weighted by atomic mass is 10.5. The van der Waals surface area contributed by atoms with E-state index in [1.165, 1.54) is 0 Å². The average Bonchev–Trinajstić information content (AvgIpc) is 1.61. The molecule has 0 radical (unpaired) electrons. The minimum absolute atomic E-state index is 0.0382. The van der Waals surface area contributed by atoms with E-state index in [9.17, 15) is 5.21 Å². The van der Waals surface area contributed by atoms with Gasteiger partial charge in [0, 0.05) is 0 Å². The molecule has 0 aliphatic heterocycles. The van der Waals surface area contributed by atoms with Crippen molar-refractivity contribution in [2.45, 2.75) is 13.3 Å². The molecule has 7 heavy (non-hydrogen) atoms. The quantitative estimate of drug-likeness (QED) is 0.405. The summed E-state index contributed by atoms with van der Waals surface area (Å²) in [6.07, 6.45) is 0.802. The monoisotopic (exact) mass is 105 g/mol. The van der Waals surface area contributed by atoms with Crippen LogP contribution in [0.1, 0.15) is 13.3 Å². The van der Waals surface area contributed by atoms with Crippen molar-refractivity contribution in [3.63, 3.8) is 0 Å². The van der Waals surface area contributed by atoms with E-state index in [0.717, 1.165) is 6.42 Å². The number of hydrogen-bond donors (Lipinski definition) is 1. The van der Waals surface area contributed by atoms with Crippen molar-refractivity contribution in [2.75, 3.05) is 6.61 Å². The number of hydrazine groups is 1. The van der Waals surface area contributed by atoms with E-state index >= 15 is 0 Å². The molecule has 0 rings (SSSR count). The lowest BCUT2D eigenvalue weighted by Gasteiger charge is -2.19. The second-order valence-electron chi connectivity index (χ2n) is 1.12. The molecule has 4 nitrogen and oxygen atoms in total. The predicted molar refractivity (Wildman–Crippen MR) is 25.6 cm³/mol. The molecule has 0 saturated carbocycles. The van der Waals surface area contributed by atoms with Crippen LogP contribution in [0.2, 0.25) is 0 Å². The van der Waals surface area contributed by atoms with Crippen LogP contribution in [0.4, 0.5) is 0 Å². The van der Waals surface area contributed by atoms with Gasteiger partial charge in [0.05, 0.1) is 6.61 Å². The highest BCUT2D eigenvalue weighted by atomic mass is 16.9. The van der Waals surface area contributed by atoms with Crippen molar-refractivity contribution >= 4 is 0 Å². The van der Waals surface area contributed by atoms with Gasteiger partial charge < -0.3 is 5.21 Å². The third-order valence-electron chi connectivity index (χ3n) is 0.423. The number of hydrogen-bond acceptors (Lipinski definition) is 4. The molecule has 2 N–H and O–H groups in total. The van der Waals surface area contributed by atoms with Crippen molar-refractivity contribution in [3.8, 4) is 0 Å². The Labute approximate surface area is 42.4 Å². The average molecular weight is 105 g/mol. The van der Waals surface area contributed by atoms with Gasteiger partial charge in [0.15, 0.2) is 0 Å². The van der Waals surface area contributed by atoms with Crippen LogP contribution in [-0.2, 0) is 4.84 Å². The first-order valence-electron chi connectivity index (χ1n) is 2.12. The van der Waals surface area contributed by atoms with Gasteiger partial charge in [-0.1, -0.05) is 6.92 Å². The fourth-order valence-electron chi connectivity index (χ4n) is 0.181. The van der Waals surface area contributed by atoms with E-state index < -0.39 is 0 Å². The highest BCUT2D eigenvalue weighted by Crippen LogP contribution is 1.78. The summed E-state index contributed by atoms with van der Waals surface area (Å²) in [5, 5.41) is 9.64. The van der Waals surface area contributed by atoms with E-state index in [-0.39, 0.29) is 5.34 Å². The Morgan fingerprint density at radius 1 is 1.86 bits per heavy atom. The maximum Gasteiger partial charge on any atom is 0.0686 e. The zero-order valence-electron chi connectivity index (χ0n) is 4.26. The van der Waals surface area contributed by atoms with Crippen LogP contribution in [0.5, 0.6) is 0 Å². The van der Waals surface area contributed by atoms with E-state index in [4.69, 9.17) is 0 Å². The summed E-state index contributed by atoms with van der Waals surface area (Å²) in [4.78, 5) is 4.25. The summed E-state index contributed by atoms with van der Waals surface area (Å²) in [5.41, 5.74) is 0. The molecule has 0 aromatic rings. The van der Waals surface area contributed by atoms with E-state index in [2.05, 4.69) is 10.7 Å². The van der Waals surface area contributed by atoms with Crippen LogP contribution in [0.25, 0.3) is 0 Å². The largest absolute Gasteiger partial charge is 0.748 e. The van der Waals surface area contributed by atoms with E-state index in [1.54, 1.807) is 0 Å². The summed E-state index contributed by atoms with van der Waals surface area (Å²) >= 11 is 0. The first-order valence-corrected chi connectivity index (χ1v) is 2.12. The molecule has 0 heterocycles. The first-order chi connectivity index (χ1) is 3.27. The molecule has 4 heteroatoms. The number of nitrogens with zero attached hydrogens (tertiary/aromatic N) is 1. The van der Waals surface area contributed by atoms with Gasteiger partial charge in [0.2, 0.25) is 0 Å². The second kappa shape index (κ2) is 4.01. The molecule has 0 spiro atoms. The van der Waals surface area contributed by atoms with Crippen LogP contribution in [0.3, 0.4) is 0 Å². The molecule has 0 aliphatic rings. The molecule has 0 unspecified atom stereocenters. The van der Waals surface area contributed by atoms with Crippen molar-refractivity contribution in [1.82, 2.24) is 5.34 Å². The third-order valence-corrected chi connectivity index (χ3v) is 0.423. The summed E-state index contributed by atoms with van der Waals surface area (Å²) in [7, 11) is 0. The van der Waals surface area contributed by atoms with Gasteiger partial charge >= 0.3 is 0 Å². The predicted octanol–water partition coefficient (Wildman–Crippen LogP) is 0.00150. The first kappa shape index (κ1) is 6.84. The van der Waals surface area contributed by atoms with Crippen LogP contribution < -0.4 is 5.84 Å². The van der Waals surface area contributed by atoms with Gasteiger partial charge in [-0.05, 0) is 6.42 Å². The molecule has 44 valence electrons. The Balaban J connectivity index is 2.68. The molecule has 0 aromatic heterocycles. The van der Waals surface area contributed by atoms with Crippen molar-refractivity contribution in [1.29, 1.82) is 0 Å². The fourth-order valence-corrected chi connectivity index (χ4v) is 0.181. The normalized spacial score (nSPS) is 10.3. The van der Waals surface area contributed by atoms with Crippen LogP contribution >= 0.6 is 0 Å². The van der Waals surface area contributed by atoms with Gasteiger partial charge in [-0.2, -0.15) is 5.34 Å².